The first-order valence-electron chi connectivity index (χ1n) is 5.78. The van der Waals surface area contributed by atoms with Crippen LogP contribution in [-0.4, -0.2) is 103 Å². The highest BCUT2D eigenvalue weighted by Crippen LogP contribution is 2.09. The molecule has 0 radical (unpaired) electrons. The third-order valence-electron chi connectivity index (χ3n) is 2.82. The first kappa shape index (κ1) is 19.3. The summed E-state index contributed by atoms with van der Waals surface area (Å²) in [5.74, 6) is -1.32. The first-order valence-corrected chi connectivity index (χ1v) is 5.78. The van der Waals surface area contributed by atoms with E-state index in [0.717, 1.165) is 0 Å². The molecule has 0 heterocycles. The smallest absolute Gasteiger partial charge is 0.183 e. The van der Waals surface area contributed by atoms with Crippen molar-refractivity contribution in [1.82, 2.24) is 0 Å². The molecule has 1 unspecified atom stereocenters. The average Bonchev–Trinajstić information content (AvgIpc) is 2.48. The molecule has 0 rings (SSSR count). The van der Waals surface area contributed by atoms with Crippen LogP contribution in [0.3, 0.4) is 0 Å². The van der Waals surface area contributed by atoms with E-state index in [1.54, 1.807) is 0 Å². The lowest BCUT2D eigenvalue weighted by atomic mass is 9.93. The Bertz CT molecular complexity index is 302. The summed E-state index contributed by atoms with van der Waals surface area (Å²) in [5, 5.41) is 72.9. The third-order valence-corrected chi connectivity index (χ3v) is 2.82. The second kappa shape index (κ2) is 8.56. The molecular formula is C10H21NO9. The van der Waals surface area contributed by atoms with Crippen LogP contribution in [0.4, 0.5) is 0 Å². The second-order valence-electron chi connectivity index (χ2n) is 4.34. The Balaban J connectivity index is 4.76. The number of aliphatic hydroxyl groups is 8. The zero-order chi connectivity index (χ0) is 16.0. The maximum absolute atomic E-state index is 11.6. The highest BCUT2D eigenvalue weighted by Gasteiger charge is 2.39. The van der Waals surface area contributed by atoms with Crippen molar-refractivity contribution >= 4 is 5.78 Å². The number of hydrogen-bond donors (Lipinski definition) is 9. The van der Waals surface area contributed by atoms with Crippen LogP contribution in [0, 0.1) is 0 Å². The minimum Gasteiger partial charge on any atom is -0.394 e. The summed E-state index contributed by atoms with van der Waals surface area (Å²) >= 11 is 0. The van der Waals surface area contributed by atoms with E-state index in [1.807, 2.05) is 0 Å². The van der Waals surface area contributed by atoms with E-state index in [-0.39, 0.29) is 0 Å². The van der Waals surface area contributed by atoms with Crippen LogP contribution in [0.5, 0.6) is 0 Å². The summed E-state index contributed by atoms with van der Waals surface area (Å²) in [4.78, 5) is 11.6. The van der Waals surface area contributed by atoms with E-state index < -0.39 is 61.7 Å². The van der Waals surface area contributed by atoms with E-state index in [2.05, 4.69) is 0 Å². The fourth-order valence-electron chi connectivity index (χ4n) is 1.40. The normalized spacial score (nSPS) is 22.4. The van der Waals surface area contributed by atoms with Gasteiger partial charge >= 0.3 is 0 Å². The van der Waals surface area contributed by atoms with Gasteiger partial charge in [0.25, 0.3) is 0 Å². The summed E-state index contributed by atoms with van der Waals surface area (Å²) in [6.07, 6.45) is -11.8. The number of rotatable bonds is 9. The lowest BCUT2D eigenvalue weighted by Gasteiger charge is -2.28. The molecule has 20 heavy (non-hydrogen) atoms. The Labute approximate surface area is 114 Å². The number of aliphatic hydroxyl groups excluding tert-OH is 8. The van der Waals surface area contributed by atoms with Gasteiger partial charge in [-0.05, 0) is 0 Å². The van der Waals surface area contributed by atoms with Gasteiger partial charge < -0.3 is 46.6 Å². The lowest BCUT2D eigenvalue weighted by molar-refractivity contribution is -0.148. The van der Waals surface area contributed by atoms with Gasteiger partial charge in [-0.15, -0.1) is 0 Å². The molecule has 120 valence electrons. The zero-order valence-corrected chi connectivity index (χ0v) is 10.5. The van der Waals surface area contributed by atoms with Crippen molar-refractivity contribution in [2.24, 2.45) is 5.73 Å². The Morgan fingerprint density at radius 1 is 0.800 bits per heavy atom. The van der Waals surface area contributed by atoms with Gasteiger partial charge in [-0.1, -0.05) is 0 Å². The van der Waals surface area contributed by atoms with E-state index in [9.17, 15) is 25.2 Å². The molecule has 0 aromatic heterocycles. The summed E-state index contributed by atoms with van der Waals surface area (Å²) < 4.78 is 0. The molecule has 0 saturated heterocycles. The number of Topliss-reactive ketones (excluding diaryl/α,β-unsaturated/α-hetero) is 1. The minimum absolute atomic E-state index is 0.895. The topological polar surface area (TPSA) is 205 Å². The van der Waals surface area contributed by atoms with Crippen molar-refractivity contribution in [3.63, 3.8) is 0 Å². The predicted octanol–water partition coefficient (Wildman–Crippen LogP) is -5.97. The predicted molar refractivity (Wildman–Crippen MR) is 63.2 cm³/mol. The lowest BCUT2D eigenvalue weighted by Crippen LogP contribution is -2.57. The van der Waals surface area contributed by atoms with Crippen molar-refractivity contribution in [1.29, 1.82) is 0 Å². The van der Waals surface area contributed by atoms with Crippen molar-refractivity contribution < 1.29 is 45.6 Å². The first-order chi connectivity index (χ1) is 9.18. The van der Waals surface area contributed by atoms with E-state index >= 15 is 0 Å². The minimum atomic E-state index is -2.21. The Morgan fingerprint density at radius 3 is 1.60 bits per heavy atom. The van der Waals surface area contributed by atoms with Gasteiger partial charge in [0.05, 0.1) is 19.3 Å². The van der Waals surface area contributed by atoms with Gasteiger partial charge in [0.15, 0.2) is 5.78 Å². The standard InChI is InChI=1S/C10H21NO9/c11-5(8(18)6(16)3(14)1-12)9(19)10(20)7(17)4(15)2-13/h3-8,10,12-18,20H,1-2,11H2/t3-,4-,5?,6-,7-,8-,10+/m1/s1. The highest BCUT2D eigenvalue weighted by molar-refractivity contribution is 5.89. The van der Waals surface area contributed by atoms with Crippen LogP contribution in [0.1, 0.15) is 0 Å². The van der Waals surface area contributed by atoms with Crippen molar-refractivity contribution in [2.75, 3.05) is 13.2 Å². The summed E-state index contributed by atoms with van der Waals surface area (Å²) in [7, 11) is 0. The van der Waals surface area contributed by atoms with Crippen molar-refractivity contribution in [3.05, 3.63) is 0 Å². The molecule has 10 nitrogen and oxygen atoms in total. The largest absolute Gasteiger partial charge is 0.394 e. The fraction of sp³-hybridized carbons (Fsp3) is 0.900. The number of ketones is 1. The van der Waals surface area contributed by atoms with Crippen LogP contribution in [0.2, 0.25) is 0 Å². The van der Waals surface area contributed by atoms with Gasteiger partial charge in [0, 0.05) is 0 Å². The molecule has 0 spiro atoms. The molecule has 0 fully saturated rings. The molecular weight excluding hydrogens is 278 g/mol. The molecule has 0 bridgehead atoms. The van der Waals surface area contributed by atoms with E-state index in [0.29, 0.717) is 0 Å². The number of carbonyl (C=O) groups excluding carboxylic acids is 1. The Morgan fingerprint density at radius 2 is 1.20 bits per heavy atom. The van der Waals surface area contributed by atoms with E-state index in [4.69, 9.17) is 26.2 Å². The van der Waals surface area contributed by atoms with Crippen molar-refractivity contribution in [2.45, 2.75) is 42.7 Å². The maximum Gasteiger partial charge on any atom is 0.183 e. The average molecular weight is 299 g/mol. The van der Waals surface area contributed by atoms with Crippen LogP contribution >= 0.6 is 0 Å². The molecule has 10 N–H and O–H groups in total. The number of hydrogen-bond acceptors (Lipinski definition) is 10. The molecule has 0 aromatic rings. The van der Waals surface area contributed by atoms with Gasteiger partial charge in [0.2, 0.25) is 0 Å². The van der Waals surface area contributed by atoms with Crippen LogP contribution in [-0.2, 0) is 4.79 Å². The molecule has 0 aliphatic rings. The molecule has 0 saturated carbocycles. The monoisotopic (exact) mass is 299 g/mol. The third kappa shape index (κ3) is 4.70. The molecule has 0 aliphatic carbocycles. The molecule has 0 amide bonds. The molecule has 0 aromatic carbocycles. The SMILES string of the molecule is NC(C(=O)[C@@H](O)[C@H](O)[C@H](O)CO)[C@@H](O)[C@H](O)[C@H](O)CO. The second-order valence-corrected chi connectivity index (χ2v) is 4.34. The zero-order valence-electron chi connectivity index (χ0n) is 10.5. The van der Waals surface area contributed by atoms with Crippen LogP contribution in [0.25, 0.3) is 0 Å². The van der Waals surface area contributed by atoms with Gasteiger partial charge in [-0.2, -0.15) is 0 Å². The highest BCUT2D eigenvalue weighted by atomic mass is 16.4. The maximum atomic E-state index is 11.6. The number of carbonyl (C=O) groups is 1. The van der Waals surface area contributed by atoms with E-state index in [1.165, 1.54) is 0 Å². The summed E-state index contributed by atoms with van der Waals surface area (Å²) in [6, 6.07) is -1.89. The molecule has 7 atom stereocenters. The van der Waals surface area contributed by atoms with Gasteiger partial charge in [0.1, 0.15) is 36.6 Å². The van der Waals surface area contributed by atoms with Crippen LogP contribution < -0.4 is 5.73 Å². The summed E-state index contributed by atoms with van der Waals surface area (Å²) in [5.41, 5.74) is 5.27. The van der Waals surface area contributed by atoms with Crippen molar-refractivity contribution in [3.8, 4) is 0 Å². The summed E-state index contributed by atoms with van der Waals surface area (Å²) in [6.45, 7) is -1.82. The fourth-order valence-corrected chi connectivity index (χ4v) is 1.40. The Kier molecular flexibility index (Phi) is 8.27. The molecule has 10 heteroatoms. The van der Waals surface area contributed by atoms with Gasteiger partial charge in [-0.3, -0.25) is 4.79 Å². The molecule has 0 aliphatic heterocycles. The van der Waals surface area contributed by atoms with Crippen LogP contribution in [0.15, 0.2) is 0 Å². The Hall–Kier alpha value is -0.690. The number of nitrogens with two attached hydrogens (primary N) is 1. The quantitative estimate of drug-likeness (QED) is 0.197. The van der Waals surface area contributed by atoms with Gasteiger partial charge in [-0.25, -0.2) is 0 Å².